The summed E-state index contributed by atoms with van der Waals surface area (Å²) in [5, 5.41) is 8.44. The van der Waals surface area contributed by atoms with Crippen LogP contribution in [0.2, 0.25) is 4.34 Å². The van der Waals surface area contributed by atoms with Crippen LogP contribution in [0.15, 0.2) is 11.4 Å². The first-order valence-electron chi connectivity index (χ1n) is 8.17. The van der Waals surface area contributed by atoms with Crippen molar-refractivity contribution in [1.82, 2.24) is 15.5 Å². The predicted octanol–water partition coefficient (Wildman–Crippen LogP) is 2.48. The second-order valence-corrected chi connectivity index (χ2v) is 7.88. The molecular weight excluding hydrogens is 318 g/mol. The number of hydrogen-bond donors (Lipinski definition) is 2. The van der Waals surface area contributed by atoms with Gasteiger partial charge in [-0.25, -0.2) is 0 Å². The summed E-state index contributed by atoms with van der Waals surface area (Å²) in [7, 11) is 0. The number of piperidine rings is 1. The SMILES string of the molecule is O=C(NCC1CCCN(Cc2ccsc2Cl)C1)C1CCCN1. The van der Waals surface area contributed by atoms with Crippen molar-refractivity contribution in [3.8, 4) is 0 Å². The minimum absolute atomic E-state index is 0.0318. The molecule has 0 aliphatic carbocycles. The maximum Gasteiger partial charge on any atom is 0.237 e. The predicted molar refractivity (Wildman–Crippen MR) is 91.4 cm³/mol. The van der Waals surface area contributed by atoms with Crippen molar-refractivity contribution in [2.75, 3.05) is 26.2 Å². The van der Waals surface area contributed by atoms with Gasteiger partial charge in [-0.05, 0) is 61.7 Å². The van der Waals surface area contributed by atoms with Crippen molar-refractivity contribution < 1.29 is 4.79 Å². The Morgan fingerprint density at radius 2 is 2.36 bits per heavy atom. The van der Waals surface area contributed by atoms with Gasteiger partial charge in [0, 0.05) is 19.6 Å². The van der Waals surface area contributed by atoms with Crippen molar-refractivity contribution in [1.29, 1.82) is 0 Å². The molecule has 2 aliphatic heterocycles. The quantitative estimate of drug-likeness (QED) is 0.864. The van der Waals surface area contributed by atoms with Gasteiger partial charge >= 0.3 is 0 Å². The van der Waals surface area contributed by atoms with Gasteiger partial charge in [0.05, 0.1) is 10.4 Å². The van der Waals surface area contributed by atoms with Gasteiger partial charge in [0.2, 0.25) is 5.91 Å². The summed E-state index contributed by atoms with van der Waals surface area (Å²) in [6, 6.07) is 2.15. The van der Waals surface area contributed by atoms with E-state index in [4.69, 9.17) is 11.6 Å². The minimum atomic E-state index is 0.0318. The minimum Gasteiger partial charge on any atom is -0.354 e. The molecule has 1 aromatic rings. The lowest BCUT2D eigenvalue weighted by molar-refractivity contribution is -0.123. The lowest BCUT2D eigenvalue weighted by Gasteiger charge is -2.33. The first kappa shape index (κ1) is 16.2. The molecule has 3 rings (SSSR count). The van der Waals surface area contributed by atoms with E-state index in [9.17, 15) is 4.79 Å². The molecule has 2 atom stereocenters. The molecule has 0 radical (unpaired) electrons. The van der Waals surface area contributed by atoms with Gasteiger partial charge < -0.3 is 10.6 Å². The molecule has 122 valence electrons. The number of hydrogen-bond acceptors (Lipinski definition) is 4. The van der Waals surface area contributed by atoms with Crippen LogP contribution in [0.1, 0.15) is 31.2 Å². The highest BCUT2D eigenvalue weighted by atomic mass is 35.5. The van der Waals surface area contributed by atoms with Crippen molar-refractivity contribution in [2.45, 2.75) is 38.3 Å². The van der Waals surface area contributed by atoms with E-state index in [-0.39, 0.29) is 11.9 Å². The number of carbonyl (C=O) groups excluding carboxylic acids is 1. The van der Waals surface area contributed by atoms with Gasteiger partial charge in [-0.3, -0.25) is 9.69 Å². The van der Waals surface area contributed by atoms with E-state index in [1.807, 2.05) is 5.38 Å². The number of likely N-dealkylation sites (tertiary alicyclic amines) is 1. The smallest absolute Gasteiger partial charge is 0.237 e. The van der Waals surface area contributed by atoms with Gasteiger partial charge in [0.15, 0.2) is 0 Å². The Bertz CT molecular complexity index is 501. The molecule has 1 amide bonds. The summed E-state index contributed by atoms with van der Waals surface area (Å²) in [5.41, 5.74) is 1.23. The van der Waals surface area contributed by atoms with Crippen LogP contribution < -0.4 is 10.6 Å². The van der Waals surface area contributed by atoms with Crippen LogP contribution in [0.3, 0.4) is 0 Å². The third-order valence-electron chi connectivity index (χ3n) is 4.63. The van der Waals surface area contributed by atoms with Gasteiger partial charge in [-0.15, -0.1) is 11.3 Å². The molecule has 22 heavy (non-hydrogen) atoms. The third kappa shape index (κ3) is 4.22. The molecule has 3 heterocycles. The van der Waals surface area contributed by atoms with E-state index < -0.39 is 0 Å². The second-order valence-electron chi connectivity index (χ2n) is 6.36. The number of halogens is 1. The molecule has 6 heteroatoms. The fraction of sp³-hybridized carbons (Fsp3) is 0.688. The fourth-order valence-electron chi connectivity index (χ4n) is 3.41. The Kier molecular flexibility index (Phi) is 5.74. The molecule has 2 aliphatic rings. The molecule has 0 aromatic carbocycles. The Labute approximate surface area is 141 Å². The third-order valence-corrected chi connectivity index (χ3v) is 5.88. The largest absolute Gasteiger partial charge is 0.354 e. The fourth-order valence-corrected chi connectivity index (χ4v) is 4.32. The normalized spacial score (nSPS) is 26.2. The highest BCUT2D eigenvalue weighted by molar-refractivity contribution is 7.14. The topological polar surface area (TPSA) is 44.4 Å². The average Bonchev–Trinajstić information content (AvgIpc) is 3.18. The summed E-state index contributed by atoms with van der Waals surface area (Å²) < 4.78 is 0.905. The molecule has 2 fully saturated rings. The van der Waals surface area contributed by atoms with Gasteiger partial charge in [0.1, 0.15) is 0 Å². The zero-order chi connectivity index (χ0) is 15.4. The van der Waals surface area contributed by atoms with E-state index in [0.29, 0.717) is 5.92 Å². The van der Waals surface area contributed by atoms with Gasteiger partial charge in [0.25, 0.3) is 0 Å². The molecule has 0 saturated carbocycles. The zero-order valence-electron chi connectivity index (χ0n) is 12.8. The molecule has 0 spiro atoms. The van der Waals surface area contributed by atoms with Gasteiger partial charge in [-0.2, -0.15) is 0 Å². The lowest BCUT2D eigenvalue weighted by atomic mass is 9.97. The number of nitrogens with one attached hydrogen (secondary N) is 2. The Morgan fingerprint density at radius 1 is 1.45 bits per heavy atom. The molecule has 4 nitrogen and oxygen atoms in total. The molecule has 2 unspecified atom stereocenters. The maximum atomic E-state index is 12.1. The maximum absolute atomic E-state index is 12.1. The van der Waals surface area contributed by atoms with Crippen LogP contribution in [-0.4, -0.2) is 43.0 Å². The number of thiophene rings is 1. The van der Waals surface area contributed by atoms with E-state index in [0.717, 1.165) is 49.9 Å². The summed E-state index contributed by atoms with van der Waals surface area (Å²) in [4.78, 5) is 14.5. The first-order chi connectivity index (χ1) is 10.7. The molecular formula is C16H24ClN3OS. The van der Waals surface area contributed by atoms with Crippen LogP contribution in [0.5, 0.6) is 0 Å². The van der Waals surface area contributed by atoms with Crippen LogP contribution in [0.25, 0.3) is 0 Å². The summed E-state index contributed by atoms with van der Waals surface area (Å²) in [6.45, 7) is 4.86. The van der Waals surface area contributed by atoms with Crippen molar-refractivity contribution in [2.24, 2.45) is 5.92 Å². The Hall–Kier alpha value is -0.620. The van der Waals surface area contributed by atoms with Crippen LogP contribution >= 0.6 is 22.9 Å². The highest BCUT2D eigenvalue weighted by Crippen LogP contribution is 2.26. The van der Waals surface area contributed by atoms with Gasteiger partial charge in [-0.1, -0.05) is 11.6 Å². The van der Waals surface area contributed by atoms with Crippen molar-refractivity contribution >= 4 is 28.8 Å². The van der Waals surface area contributed by atoms with E-state index in [1.54, 1.807) is 11.3 Å². The molecule has 1 aromatic heterocycles. The monoisotopic (exact) mass is 341 g/mol. The van der Waals surface area contributed by atoms with E-state index >= 15 is 0 Å². The Balaban J connectivity index is 1.44. The molecule has 0 bridgehead atoms. The van der Waals surface area contributed by atoms with Crippen molar-refractivity contribution in [3.63, 3.8) is 0 Å². The first-order valence-corrected chi connectivity index (χ1v) is 9.43. The van der Waals surface area contributed by atoms with E-state index in [2.05, 4.69) is 21.6 Å². The average molecular weight is 342 g/mol. The second kappa shape index (κ2) is 7.77. The molecule has 2 saturated heterocycles. The molecule has 2 N–H and O–H groups in total. The number of carbonyl (C=O) groups is 1. The number of amides is 1. The van der Waals surface area contributed by atoms with Crippen LogP contribution in [-0.2, 0) is 11.3 Å². The van der Waals surface area contributed by atoms with Crippen LogP contribution in [0, 0.1) is 5.92 Å². The standard InChI is InChI=1S/C16H24ClN3OS/c17-15-13(5-8-22-15)11-20-7-2-3-12(10-20)9-19-16(21)14-4-1-6-18-14/h5,8,12,14,18H,1-4,6-7,9-11H2,(H,19,21). The summed E-state index contributed by atoms with van der Waals surface area (Å²) in [6.07, 6.45) is 4.48. The van der Waals surface area contributed by atoms with Crippen LogP contribution in [0.4, 0.5) is 0 Å². The number of rotatable bonds is 5. The summed E-state index contributed by atoms with van der Waals surface area (Å²) in [5.74, 6) is 0.729. The Morgan fingerprint density at radius 3 is 3.09 bits per heavy atom. The zero-order valence-corrected chi connectivity index (χ0v) is 14.4. The summed E-state index contributed by atoms with van der Waals surface area (Å²) >= 11 is 7.80. The van der Waals surface area contributed by atoms with E-state index in [1.165, 1.54) is 18.4 Å². The highest BCUT2D eigenvalue weighted by Gasteiger charge is 2.24. The number of nitrogens with zero attached hydrogens (tertiary/aromatic N) is 1. The van der Waals surface area contributed by atoms with Crippen molar-refractivity contribution in [3.05, 3.63) is 21.3 Å². The lowest BCUT2D eigenvalue weighted by Crippen LogP contribution is -2.45.